The van der Waals surface area contributed by atoms with Crippen LogP contribution in [0.3, 0.4) is 0 Å². The number of nitrogens with two attached hydrogens (primary N) is 1. The zero-order valence-electron chi connectivity index (χ0n) is 11.3. The second-order valence-corrected chi connectivity index (χ2v) is 6.23. The van der Waals surface area contributed by atoms with Crippen molar-refractivity contribution in [1.82, 2.24) is 4.37 Å². The molecule has 3 nitrogen and oxygen atoms in total. The first-order valence-corrected chi connectivity index (χ1v) is 7.49. The molecule has 3 rings (SSSR count). The van der Waals surface area contributed by atoms with Gasteiger partial charge in [0.05, 0.1) is 5.56 Å². The van der Waals surface area contributed by atoms with Crippen LogP contribution in [0.1, 0.15) is 13.8 Å². The van der Waals surface area contributed by atoms with Gasteiger partial charge in [-0.3, -0.25) is 0 Å². The van der Waals surface area contributed by atoms with E-state index in [1.165, 1.54) is 16.5 Å². The van der Waals surface area contributed by atoms with E-state index in [0.29, 0.717) is 5.82 Å². The normalized spacial score (nSPS) is 22.9. The van der Waals surface area contributed by atoms with E-state index in [4.69, 9.17) is 5.73 Å². The van der Waals surface area contributed by atoms with Gasteiger partial charge < -0.3 is 10.6 Å². The Labute approximate surface area is 118 Å². The number of anilines is 2. The average Bonchev–Trinajstić information content (AvgIpc) is 2.95. The molecule has 1 aliphatic heterocycles. The maximum Gasteiger partial charge on any atom is 0.147 e. The molecule has 19 heavy (non-hydrogen) atoms. The van der Waals surface area contributed by atoms with E-state index in [-0.39, 0.29) is 0 Å². The van der Waals surface area contributed by atoms with Crippen LogP contribution >= 0.6 is 11.5 Å². The number of nitrogens with zero attached hydrogens (tertiary/aromatic N) is 2. The van der Waals surface area contributed by atoms with Crippen molar-refractivity contribution in [2.24, 2.45) is 11.8 Å². The summed E-state index contributed by atoms with van der Waals surface area (Å²) in [5.74, 6) is 2.11. The van der Waals surface area contributed by atoms with Gasteiger partial charge in [0.15, 0.2) is 0 Å². The fourth-order valence-corrected chi connectivity index (χ4v) is 3.54. The summed E-state index contributed by atoms with van der Waals surface area (Å²) in [5, 5.41) is 1.22. The Balaban J connectivity index is 2.00. The van der Waals surface area contributed by atoms with Gasteiger partial charge >= 0.3 is 0 Å². The molecule has 1 aliphatic rings. The quantitative estimate of drug-likeness (QED) is 0.910. The molecule has 1 aromatic carbocycles. The van der Waals surface area contributed by atoms with Crippen LogP contribution in [0.15, 0.2) is 30.3 Å². The minimum atomic E-state index is 0.651. The van der Waals surface area contributed by atoms with Crippen LogP contribution in [0.25, 0.3) is 11.1 Å². The molecule has 0 aliphatic carbocycles. The molecule has 2 unspecified atom stereocenters. The molecule has 0 spiro atoms. The van der Waals surface area contributed by atoms with Gasteiger partial charge in [-0.05, 0) is 28.9 Å². The maximum absolute atomic E-state index is 6.08. The van der Waals surface area contributed by atoms with E-state index in [0.717, 1.165) is 36.1 Å². The van der Waals surface area contributed by atoms with Crippen LogP contribution in [-0.4, -0.2) is 17.5 Å². The van der Waals surface area contributed by atoms with Crippen LogP contribution in [0, 0.1) is 11.8 Å². The van der Waals surface area contributed by atoms with Crippen molar-refractivity contribution in [3.05, 3.63) is 30.3 Å². The van der Waals surface area contributed by atoms with Gasteiger partial charge in [-0.2, -0.15) is 4.37 Å². The fraction of sp³-hybridized carbons (Fsp3) is 0.400. The molecule has 2 heterocycles. The molecule has 1 saturated heterocycles. The third-order valence-corrected chi connectivity index (χ3v) is 4.96. The Morgan fingerprint density at radius 3 is 2.42 bits per heavy atom. The van der Waals surface area contributed by atoms with E-state index in [1.807, 2.05) is 18.2 Å². The zero-order valence-corrected chi connectivity index (χ0v) is 12.2. The Kier molecular flexibility index (Phi) is 3.19. The zero-order chi connectivity index (χ0) is 13.4. The van der Waals surface area contributed by atoms with Crippen LogP contribution < -0.4 is 10.6 Å². The second-order valence-electron chi connectivity index (χ2n) is 5.47. The van der Waals surface area contributed by atoms with E-state index in [1.54, 1.807) is 0 Å². The molecule has 1 aromatic heterocycles. The Hall–Kier alpha value is -1.55. The van der Waals surface area contributed by atoms with E-state index in [2.05, 4.69) is 35.3 Å². The van der Waals surface area contributed by atoms with Crippen molar-refractivity contribution in [2.75, 3.05) is 23.7 Å². The lowest BCUT2D eigenvalue weighted by Crippen LogP contribution is -2.19. The van der Waals surface area contributed by atoms with Gasteiger partial charge in [-0.25, -0.2) is 0 Å². The summed E-state index contributed by atoms with van der Waals surface area (Å²) in [6.45, 7) is 6.83. The van der Waals surface area contributed by atoms with Gasteiger partial charge in [0, 0.05) is 13.1 Å². The monoisotopic (exact) mass is 273 g/mol. The summed E-state index contributed by atoms with van der Waals surface area (Å²) >= 11 is 1.52. The van der Waals surface area contributed by atoms with Crippen molar-refractivity contribution < 1.29 is 0 Å². The Morgan fingerprint density at radius 1 is 1.16 bits per heavy atom. The molecule has 1 fully saturated rings. The lowest BCUT2D eigenvalue weighted by molar-refractivity contribution is 0.494. The molecule has 2 atom stereocenters. The van der Waals surface area contributed by atoms with Crippen molar-refractivity contribution in [2.45, 2.75) is 13.8 Å². The number of rotatable bonds is 2. The smallest absolute Gasteiger partial charge is 0.147 e. The first-order valence-electron chi connectivity index (χ1n) is 6.72. The average molecular weight is 273 g/mol. The molecular formula is C15H19N3S. The van der Waals surface area contributed by atoms with Crippen LogP contribution in [0.4, 0.5) is 10.8 Å². The summed E-state index contributed by atoms with van der Waals surface area (Å²) in [6.07, 6.45) is 0. The molecule has 0 amide bonds. The van der Waals surface area contributed by atoms with E-state index >= 15 is 0 Å². The highest BCUT2D eigenvalue weighted by Gasteiger charge is 2.29. The molecule has 0 bridgehead atoms. The van der Waals surface area contributed by atoms with Crippen LogP contribution in [0.2, 0.25) is 0 Å². The molecule has 0 saturated carbocycles. The van der Waals surface area contributed by atoms with Crippen molar-refractivity contribution in [3.8, 4) is 11.1 Å². The van der Waals surface area contributed by atoms with Crippen molar-refractivity contribution in [3.63, 3.8) is 0 Å². The van der Waals surface area contributed by atoms with Crippen molar-refractivity contribution in [1.29, 1.82) is 0 Å². The Bertz CT molecular complexity index is 554. The lowest BCUT2D eigenvalue weighted by atomic mass is 10.0. The predicted molar refractivity (Wildman–Crippen MR) is 82.5 cm³/mol. The third kappa shape index (κ3) is 2.21. The second kappa shape index (κ2) is 4.85. The van der Waals surface area contributed by atoms with Crippen LogP contribution in [0.5, 0.6) is 0 Å². The first kappa shape index (κ1) is 12.5. The number of benzene rings is 1. The number of hydrogen-bond donors (Lipinski definition) is 1. The summed E-state index contributed by atoms with van der Waals surface area (Å²) in [4.78, 5) is 2.44. The first-order chi connectivity index (χ1) is 9.16. The summed E-state index contributed by atoms with van der Waals surface area (Å²) < 4.78 is 4.37. The number of aromatic nitrogens is 1. The largest absolute Gasteiger partial charge is 0.382 e. The lowest BCUT2D eigenvalue weighted by Gasteiger charge is -2.17. The van der Waals surface area contributed by atoms with E-state index in [9.17, 15) is 0 Å². The maximum atomic E-state index is 6.08. The van der Waals surface area contributed by atoms with Gasteiger partial charge in [-0.15, -0.1) is 0 Å². The molecule has 100 valence electrons. The molecule has 4 heteroatoms. The summed E-state index contributed by atoms with van der Waals surface area (Å²) in [7, 11) is 0. The number of hydrogen-bond acceptors (Lipinski definition) is 4. The molecule has 0 radical (unpaired) electrons. The SMILES string of the molecule is CC1CN(c2snc(N)c2-c2ccccc2)CC1C. The predicted octanol–water partition coefficient (Wildman–Crippen LogP) is 3.48. The highest BCUT2D eigenvalue weighted by Crippen LogP contribution is 2.41. The highest BCUT2D eigenvalue weighted by atomic mass is 32.1. The van der Waals surface area contributed by atoms with E-state index < -0.39 is 0 Å². The molecule has 2 aromatic rings. The highest BCUT2D eigenvalue weighted by molar-refractivity contribution is 7.11. The molecule has 2 N–H and O–H groups in total. The van der Waals surface area contributed by atoms with Crippen LogP contribution in [-0.2, 0) is 0 Å². The minimum absolute atomic E-state index is 0.651. The summed E-state index contributed by atoms with van der Waals surface area (Å²) in [6, 6.07) is 10.3. The standard InChI is InChI=1S/C15H19N3S/c1-10-8-18(9-11(10)2)15-13(14(16)17-19-15)12-6-4-3-5-7-12/h3-7,10-11H,8-9H2,1-2H3,(H2,16,17). The topological polar surface area (TPSA) is 42.2 Å². The minimum Gasteiger partial charge on any atom is -0.382 e. The summed E-state index contributed by atoms with van der Waals surface area (Å²) in [5.41, 5.74) is 8.35. The van der Waals surface area contributed by atoms with Gasteiger partial charge in [0.2, 0.25) is 0 Å². The Morgan fingerprint density at radius 2 is 1.79 bits per heavy atom. The fourth-order valence-electron chi connectivity index (χ4n) is 2.68. The van der Waals surface area contributed by atoms with Gasteiger partial charge in [-0.1, -0.05) is 44.2 Å². The molecular weight excluding hydrogens is 254 g/mol. The van der Waals surface area contributed by atoms with Gasteiger partial charge in [0.1, 0.15) is 10.8 Å². The van der Waals surface area contributed by atoms with Crippen molar-refractivity contribution >= 4 is 22.4 Å². The van der Waals surface area contributed by atoms with Gasteiger partial charge in [0.25, 0.3) is 0 Å². The third-order valence-electron chi connectivity index (χ3n) is 4.04. The number of nitrogen functional groups attached to an aromatic ring is 1.